The molecule has 0 aliphatic rings. The lowest BCUT2D eigenvalue weighted by molar-refractivity contribution is 0.409. The zero-order chi connectivity index (χ0) is 8.97. The van der Waals surface area contributed by atoms with E-state index in [1.807, 2.05) is 18.2 Å². The maximum Gasteiger partial charge on any atom is 0.122 e. The maximum atomic E-state index is 5.23. The van der Waals surface area contributed by atoms with Crippen LogP contribution < -0.4 is 4.74 Å². The Kier molecular flexibility index (Phi) is 3.60. The standard InChI is InChI=1S/C10H13BrO/c1-8(11)7-9-5-3-4-6-10(9)12-2/h3-6,8H,7H2,1-2H3. The van der Waals surface area contributed by atoms with Crippen molar-refractivity contribution in [1.29, 1.82) is 0 Å². The first-order valence-electron chi connectivity index (χ1n) is 4.00. The van der Waals surface area contributed by atoms with Gasteiger partial charge in [-0.25, -0.2) is 0 Å². The number of methoxy groups -OCH3 is 1. The van der Waals surface area contributed by atoms with Gasteiger partial charge in [0.05, 0.1) is 7.11 Å². The molecule has 1 unspecified atom stereocenters. The van der Waals surface area contributed by atoms with E-state index in [4.69, 9.17) is 4.74 Å². The lowest BCUT2D eigenvalue weighted by Gasteiger charge is -2.08. The Morgan fingerprint density at radius 3 is 2.67 bits per heavy atom. The van der Waals surface area contributed by atoms with Gasteiger partial charge in [-0.2, -0.15) is 0 Å². The van der Waals surface area contributed by atoms with Crippen LogP contribution in [0.2, 0.25) is 0 Å². The minimum Gasteiger partial charge on any atom is -0.496 e. The molecule has 0 fully saturated rings. The number of ether oxygens (including phenoxy) is 1. The molecule has 0 radical (unpaired) electrons. The minimum absolute atomic E-state index is 0.494. The van der Waals surface area contributed by atoms with Gasteiger partial charge in [0.25, 0.3) is 0 Å². The zero-order valence-corrected chi connectivity index (χ0v) is 8.97. The number of halogens is 1. The van der Waals surface area contributed by atoms with Crippen LogP contribution in [0.1, 0.15) is 12.5 Å². The van der Waals surface area contributed by atoms with Crippen LogP contribution in [0.25, 0.3) is 0 Å². The summed E-state index contributed by atoms with van der Waals surface area (Å²) in [6.07, 6.45) is 1.00. The van der Waals surface area contributed by atoms with Gasteiger partial charge in [-0.1, -0.05) is 41.1 Å². The second-order valence-corrected chi connectivity index (χ2v) is 4.36. The molecule has 0 aromatic heterocycles. The van der Waals surface area contributed by atoms with Gasteiger partial charge in [-0.15, -0.1) is 0 Å². The van der Waals surface area contributed by atoms with Crippen LogP contribution in [0.15, 0.2) is 24.3 Å². The van der Waals surface area contributed by atoms with E-state index in [0.717, 1.165) is 12.2 Å². The van der Waals surface area contributed by atoms with Gasteiger partial charge in [0.2, 0.25) is 0 Å². The van der Waals surface area contributed by atoms with Crippen molar-refractivity contribution in [2.24, 2.45) is 0 Å². The molecule has 1 nitrogen and oxygen atoms in total. The number of benzene rings is 1. The van der Waals surface area contributed by atoms with Crippen molar-refractivity contribution >= 4 is 15.9 Å². The molecule has 1 aromatic rings. The molecule has 1 aromatic carbocycles. The van der Waals surface area contributed by atoms with E-state index in [-0.39, 0.29) is 0 Å². The Morgan fingerprint density at radius 2 is 2.08 bits per heavy atom. The van der Waals surface area contributed by atoms with Crippen LogP contribution in [0.4, 0.5) is 0 Å². The van der Waals surface area contributed by atoms with Crippen LogP contribution in [0, 0.1) is 0 Å². The van der Waals surface area contributed by atoms with Gasteiger partial charge in [0, 0.05) is 4.83 Å². The third-order valence-corrected chi connectivity index (χ3v) is 2.02. The first kappa shape index (κ1) is 9.59. The topological polar surface area (TPSA) is 9.23 Å². The van der Waals surface area contributed by atoms with Crippen LogP contribution in [-0.4, -0.2) is 11.9 Å². The first-order chi connectivity index (χ1) is 5.74. The summed E-state index contributed by atoms with van der Waals surface area (Å²) in [7, 11) is 1.71. The third kappa shape index (κ3) is 2.52. The summed E-state index contributed by atoms with van der Waals surface area (Å²) in [5.41, 5.74) is 1.25. The average molecular weight is 229 g/mol. The van der Waals surface area contributed by atoms with E-state index in [1.54, 1.807) is 7.11 Å². The molecule has 1 rings (SSSR count). The molecule has 0 aliphatic carbocycles. The van der Waals surface area contributed by atoms with Crippen molar-refractivity contribution in [3.05, 3.63) is 29.8 Å². The SMILES string of the molecule is COc1ccccc1CC(C)Br. The molecule has 0 spiro atoms. The molecule has 1 atom stereocenters. The van der Waals surface area contributed by atoms with Crippen LogP contribution in [0.3, 0.4) is 0 Å². The zero-order valence-electron chi connectivity index (χ0n) is 7.38. The highest BCUT2D eigenvalue weighted by Gasteiger charge is 2.03. The molecule has 0 heterocycles. The molecule has 0 aliphatic heterocycles. The highest BCUT2D eigenvalue weighted by atomic mass is 79.9. The second-order valence-electron chi connectivity index (χ2n) is 2.80. The van der Waals surface area contributed by atoms with Gasteiger partial charge in [0.1, 0.15) is 5.75 Å². The fourth-order valence-electron chi connectivity index (χ4n) is 1.17. The van der Waals surface area contributed by atoms with Crippen molar-refractivity contribution < 1.29 is 4.74 Å². The molecule has 2 heteroatoms. The monoisotopic (exact) mass is 228 g/mol. The number of rotatable bonds is 3. The molecule has 0 bridgehead atoms. The van der Waals surface area contributed by atoms with Gasteiger partial charge < -0.3 is 4.74 Å². The third-order valence-electron chi connectivity index (χ3n) is 1.69. The van der Waals surface area contributed by atoms with Crippen molar-refractivity contribution in [3.63, 3.8) is 0 Å². The van der Waals surface area contributed by atoms with Gasteiger partial charge >= 0.3 is 0 Å². The lowest BCUT2D eigenvalue weighted by Crippen LogP contribution is -1.98. The van der Waals surface area contributed by atoms with Crippen molar-refractivity contribution in [1.82, 2.24) is 0 Å². The largest absolute Gasteiger partial charge is 0.496 e. The Labute approximate surface area is 81.9 Å². The maximum absolute atomic E-state index is 5.23. The van der Waals surface area contributed by atoms with Gasteiger partial charge in [0.15, 0.2) is 0 Å². The smallest absolute Gasteiger partial charge is 0.122 e. The quantitative estimate of drug-likeness (QED) is 0.724. The van der Waals surface area contributed by atoms with E-state index in [9.17, 15) is 0 Å². The molecule has 12 heavy (non-hydrogen) atoms. The predicted octanol–water partition coefficient (Wildman–Crippen LogP) is 3.02. The Morgan fingerprint density at radius 1 is 1.42 bits per heavy atom. The number of hydrogen-bond acceptors (Lipinski definition) is 1. The van der Waals surface area contributed by atoms with Crippen LogP contribution >= 0.6 is 15.9 Å². The second kappa shape index (κ2) is 4.51. The summed E-state index contributed by atoms with van der Waals surface area (Å²) in [5, 5.41) is 0. The fraction of sp³-hybridized carbons (Fsp3) is 0.400. The van der Waals surface area contributed by atoms with E-state index >= 15 is 0 Å². The van der Waals surface area contributed by atoms with E-state index in [2.05, 4.69) is 28.9 Å². The molecular weight excluding hydrogens is 216 g/mol. The highest BCUT2D eigenvalue weighted by molar-refractivity contribution is 9.09. The van der Waals surface area contributed by atoms with Gasteiger partial charge in [-0.05, 0) is 18.1 Å². The van der Waals surface area contributed by atoms with E-state index < -0.39 is 0 Å². The van der Waals surface area contributed by atoms with Crippen molar-refractivity contribution in [2.45, 2.75) is 18.2 Å². The summed E-state index contributed by atoms with van der Waals surface area (Å²) < 4.78 is 5.23. The summed E-state index contributed by atoms with van der Waals surface area (Å²) in [5.74, 6) is 0.976. The molecule has 0 amide bonds. The highest BCUT2D eigenvalue weighted by Crippen LogP contribution is 2.20. The van der Waals surface area contributed by atoms with Crippen LogP contribution in [0.5, 0.6) is 5.75 Å². The fourth-order valence-corrected chi connectivity index (χ4v) is 1.52. The van der Waals surface area contributed by atoms with Gasteiger partial charge in [-0.3, -0.25) is 0 Å². The van der Waals surface area contributed by atoms with Crippen molar-refractivity contribution in [2.75, 3.05) is 7.11 Å². The number of alkyl halides is 1. The van der Waals surface area contributed by atoms with E-state index in [0.29, 0.717) is 4.83 Å². The molecule has 0 N–H and O–H groups in total. The summed E-state index contributed by atoms with van der Waals surface area (Å²) in [4.78, 5) is 0.494. The minimum atomic E-state index is 0.494. The summed E-state index contributed by atoms with van der Waals surface area (Å²) >= 11 is 3.52. The Bertz CT molecular complexity index is 245. The molecule has 0 saturated heterocycles. The van der Waals surface area contributed by atoms with Crippen LogP contribution in [-0.2, 0) is 6.42 Å². The summed E-state index contributed by atoms with van der Waals surface area (Å²) in [6.45, 7) is 2.13. The summed E-state index contributed by atoms with van der Waals surface area (Å²) in [6, 6.07) is 8.11. The predicted molar refractivity (Wildman–Crippen MR) is 55.1 cm³/mol. The number of para-hydroxylation sites is 1. The molecule has 66 valence electrons. The van der Waals surface area contributed by atoms with E-state index in [1.165, 1.54) is 5.56 Å². The Balaban J connectivity index is 2.82. The first-order valence-corrected chi connectivity index (χ1v) is 4.91. The normalized spacial score (nSPS) is 12.6. The Hall–Kier alpha value is -0.500. The molecule has 0 saturated carbocycles. The average Bonchev–Trinajstić information content (AvgIpc) is 2.04. The van der Waals surface area contributed by atoms with Crippen molar-refractivity contribution in [3.8, 4) is 5.75 Å². The molecular formula is C10H13BrO. The lowest BCUT2D eigenvalue weighted by atomic mass is 10.1. The number of hydrogen-bond donors (Lipinski definition) is 0.